The standard InChI is InChI=1S/C17H13N3/c1-11-7-15-16(10-20-11)14(8-13(9-18)17(15)19)12-5-3-2-4-6-12/h2-8,10H,19H2,1H3. The molecule has 0 unspecified atom stereocenters. The molecule has 0 aliphatic rings. The molecule has 1 heterocycles. The van der Waals surface area contributed by atoms with Crippen molar-refractivity contribution in [1.29, 1.82) is 5.26 Å². The molecule has 3 heteroatoms. The molecule has 0 bridgehead atoms. The highest BCUT2D eigenvalue weighted by Gasteiger charge is 2.11. The highest BCUT2D eigenvalue weighted by atomic mass is 14.7. The van der Waals surface area contributed by atoms with Crippen molar-refractivity contribution in [3.8, 4) is 17.2 Å². The van der Waals surface area contributed by atoms with Gasteiger partial charge in [-0.1, -0.05) is 30.3 Å². The summed E-state index contributed by atoms with van der Waals surface area (Å²) in [5, 5.41) is 11.1. The number of hydrogen-bond donors (Lipinski definition) is 1. The summed E-state index contributed by atoms with van der Waals surface area (Å²) in [6.45, 7) is 1.92. The number of fused-ring (bicyclic) bond motifs is 1. The van der Waals surface area contributed by atoms with Gasteiger partial charge in [0.1, 0.15) is 6.07 Å². The minimum atomic E-state index is 0.502. The van der Waals surface area contributed by atoms with Gasteiger partial charge in [0.15, 0.2) is 0 Å². The zero-order chi connectivity index (χ0) is 14.1. The summed E-state index contributed by atoms with van der Waals surface area (Å²) in [6.07, 6.45) is 1.82. The van der Waals surface area contributed by atoms with Crippen LogP contribution < -0.4 is 5.73 Å². The van der Waals surface area contributed by atoms with Crippen LogP contribution in [0.5, 0.6) is 0 Å². The van der Waals surface area contributed by atoms with Crippen molar-refractivity contribution in [3.63, 3.8) is 0 Å². The molecule has 20 heavy (non-hydrogen) atoms. The Labute approximate surface area is 117 Å². The van der Waals surface area contributed by atoms with Crippen LogP contribution in [0.2, 0.25) is 0 Å². The van der Waals surface area contributed by atoms with E-state index in [0.29, 0.717) is 11.3 Å². The summed E-state index contributed by atoms with van der Waals surface area (Å²) >= 11 is 0. The van der Waals surface area contributed by atoms with Crippen molar-refractivity contribution < 1.29 is 0 Å². The van der Waals surface area contributed by atoms with Crippen molar-refractivity contribution in [2.24, 2.45) is 0 Å². The molecule has 3 nitrogen and oxygen atoms in total. The smallest absolute Gasteiger partial charge is 0.101 e. The normalized spacial score (nSPS) is 10.4. The lowest BCUT2D eigenvalue weighted by molar-refractivity contribution is 1.22. The summed E-state index contributed by atoms with van der Waals surface area (Å²) in [5.74, 6) is 0. The highest BCUT2D eigenvalue weighted by Crippen LogP contribution is 2.34. The number of nitrogen functional groups attached to an aromatic ring is 1. The minimum Gasteiger partial charge on any atom is -0.397 e. The first-order valence-corrected chi connectivity index (χ1v) is 6.35. The van der Waals surface area contributed by atoms with E-state index in [0.717, 1.165) is 27.6 Å². The summed E-state index contributed by atoms with van der Waals surface area (Å²) in [6, 6.07) is 15.9. The van der Waals surface area contributed by atoms with Gasteiger partial charge in [-0.3, -0.25) is 4.98 Å². The van der Waals surface area contributed by atoms with Gasteiger partial charge in [0.2, 0.25) is 0 Å². The van der Waals surface area contributed by atoms with Gasteiger partial charge in [0, 0.05) is 22.7 Å². The Morgan fingerprint density at radius 3 is 2.55 bits per heavy atom. The molecule has 0 atom stereocenters. The highest BCUT2D eigenvalue weighted by molar-refractivity contribution is 6.04. The van der Waals surface area contributed by atoms with E-state index in [1.807, 2.05) is 55.6 Å². The summed E-state index contributed by atoms with van der Waals surface area (Å²) in [4.78, 5) is 4.35. The number of pyridine rings is 1. The maximum absolute atomic E-state index is 9.27. The van der Waals surface area contributed by atoms with Crippen LogP contribution in [0.3, 0.4) is 0 Å². The fraction of sp³-hybridized carbons (Fsp3) is 0.0588. The van der Waals surface area contributed by atoms with Crippen LogP contribution in [0.1, 0.15) is 11.3 Å². The number of nitrogens with zero attached hydrogens (tertiary/aromatic N) is 2. The first kappa shape index (κ1) is 12.2. The summed E-state index contributed by atoms with van der Waals surface area (Å²) in [7, 11) is 0. The third kappa shape index (κ3) is 1.88. The van der Waals surface area contributed by atoms with E-state index in [4.69, 9.17) is 5.73 Å². The lowest BCUT2D eigenvalue weighted by Crippen LogP contribution is -1.96. The molecule has 96 valence electrons. The number of benzene rings is 2. The first-order chi connectivity index (χ1) is 9.70. The van der Waals surface area contributed by atoms with E-state index in [-0.39, 0.29) is 0 Å². The molecular weight excluding hydrogens is 246 g/mol. The number of hydrogen-bond acceptors (Lipinski definition) is 3. The third-order valence-electron chi connectivity index (χ3n) is 3.41. The maximum atomic E-state index is 9.27. The second-order valence-electron chi connectivity index (χ2n) is 4.73. The predicted molar refractivity (Wildman–Crippen MR) is 81.0 cm³/mol. The average Bonchev–Trinajstić information content (AvgIpc) is 2.49. The van der Waals surface area contributed by atoms with Crippen molar-refractivity contribution in [2.75, 3.05) is 5.73 Å². The number of nitrogens with two attached hydrogens (primary N) is 1. The van der Waals surface area contributed by atoms with Crippen LogP contribution in [0.4, 0.5) is 5.69 Å². The van der Waals surface area contributed by atoms with Gasteiger partial charge in [-0.05, 0) is 30.2 Å². The number of aromatic nitrogens is 1. The SMILES string of the molecule is Cc1cc2c(N)c(C#N)cc(-c3ccccc3)c2cn1. The van der Waals surface area contributed by atoms with Gasteiger partial charge in [-0.2, -0.15) is 5.26 Å². The van der Waals surface area contributed by atoms with E-state index in [9.17, 15) is 5.26 Å². The van der Waals surface area contributed by atoms with Crippen LogP contribution in [0.15, 0.2) is 48.7 Å². The predicted octanol–water partition coefficient (Wildman–Crippen LogP) is 3.66. The van der Waals surface area contributed by atoms with Crippen LogP contribution in [0.25, 0.3) is 21.9 Å². The van der Waals surface area contributed by atoms with Gasteiger partial charge in [0.25, 0.3) is 0 Å². The van der Waals surface area contributed by atoms with Gasteiger partial charge >= 0.3 is 0 Å². The molecule has 0 radical (unpaired) electrons. The summed E-state index contributed by atoms with van der Waals surface area (Å²) < 4.78 is 0. The molecular formula is C17H13N3. The van der Waals surface area contributed by atoms with Crippen molar-refractivity contribution in [2.45, 2.75) is 6.92 Å². The van der Waals surface area contributed by atoms with Crippen molar-refractivity contribution in [3.05, 3.63) is 59.9 Å². The second-order valence-corrected chi connectivity index (χ2v) is 4.73. The quantitative estimate of drug-likeness (QED) is 0.678. The fourth-order valence-corrected chi connectivity index (χ4v) is 2.39. The van der Waals surface area contributed by atoms with E-state index in [1.165, 1.54) is 0 Å². The lowest BCUT2D eigenvalue weighted by atomic mass is 9.95. The largest absolute Gasteiger partial charge is 0.397 e. The molecule has 0 spiro atoms. The molecule has 1 aromatic heterocycles. The molecule has 0 saturated heterocycles. The Balaban J connectivity index is 2.44. The Hall–Kier alpha value is -2.86. The molecule has 3 aromatic rings. The van der Waals surface area contributed by atoms with E-state index in [2.05, 4.69) is 11.1 Å². The van der Waals surface area contributed by atoms with Crippen molar-refractivity contribution >= 4 is 16.5 Å². The topological polar surface area (TPSA) is 62.7 Å². The summed E-state index contributed by atoms with van der Waals surface area (Å²) in [5.41, 5.74) is 10.0. The molecule has 2 aromatic carbocycles. The van der Waals surface area contributed by atoms with Gasteiger partial charge < -0.3 is 5.73 Å². The van der Waals surface area contributed by atoms with Gasteiger partial charge in [-0.15, -0.1) is 0 Å². The number of nitriles is 1. The maximum Gasteiger partial charge on any atom is 0.101 e. The minimum absolute atomic E-state index is 0.502. The van der Waals surface area contributed by atoms with Crippen LogP contribution >= 0.6 is 0 Å². The van der Waals surface area contributed by atoms with Crippen LogP contribution in [0, 0.1) is 18.3 Å². The Morgan fingerprint density at radius 1 is 1.10 bits per heavy atom. The van der Waals surface area contributed by atoms with E-state index < -0.39 is 0 Å². The average molecular weight is 259 g/mol. The number of rotatable bonds is 1. The Kier molecular flexibility index (Phi) is 2.85. The van der Waals surface area contributed by atoms with Crippen LogP contribution in [-0.4, -0.2) is 4.98 Å². The Morgan fingerprint density at radius 2 is 1.85 bits per heavy atom. The van der Waals surface area contributed by atoms with E-state index in [1.54, 1.807) is 0 Å². The Bertz CT molecular complexity index is 830. The molecule has 2 N–H and O–H groups in total. The first-order valence-electron chi connectivity index (χ1n) is 6.35. The van der Waals surface area contributed by atoms with Gasteiger partial charge in [0.05, 0.1) is 11.3 Å². The fourth-order valence-electron chi connectivity index (χ4n) is 2.39. The van der Waals surface area contributed by atoms with E-state index >= 15 is 0 Å². The third-order valence-corrected chi connectivity index (χ3v) is 3.41. The van der Waals surface area contributed by atoms with Crippen LogP contribution in [-0.2, 0) is 0 Å². The zero-order valence-corrected chi connectivity index (χ0v) is 11.1. The molecule has 0 aliphatic carbocycles. The number of aryl methyl sites for hydroxylation is 1. The molecule has 0 amide bonds. The van der Waals surface area contributed by atoms with Crippen molar-refractivity contribution in [1.82, 2.24) is 4.98 Å². The number of anilines is 1. The second kappa shape index (κ2) is 4.67. The zero-order valence-electron chi connectivity index (χ0n) is 11.1. The molecule has 0 saturated carbocycles. The monoisotopic (exact) mass is 259 g/mol. The molecule has 0 aliphatic heterocycles. The molecule has 3 rings (SSSR count). The lowest BCUT2D eigenvalue weighted by Gasteiger charge is -2.11. The molecule has 0 fully saturated rings. The van der Waals surface area contributed by atoms with Gasteiger partial charge in [-0.25, -0.2) is 0 Å².